The minimum atomic E-state index is 0.0550. The van der Waals surface area contributed by atoms with Crippen LogP contribution in [-0.4, -0.2) is 43.5 Å². The second kappa shape index (κ2) is 5.36. The number of phenolic OH excluding ortho intramolecular Hbond substituents is 1. The summed E-state index contributed by atoms with van der Waals surface area (Å²) in [4.78, 5) is 12.5. The molecule has 0 saturated carbocycles. The largest absolute Gasteiger partial charge is 0.504 e. The van der Waals surface area contributed by atoms with E-state index in [0.29, 0.717) is 17.9 Å². The number of carbonyl (C=O) groups excluding carboxylic acids is 1. The standard InChI is InChI=1S/C11H15NO3/c1-12(2)5-6-15-11-7-9(8-13)3-4-10(11)14/h3-4,7-8,14H,5-6H2,1-2H3. The number of carbonyl (C=O) groups is 1. The van der Waals surface area contributed by atoms with E-state index in [-0.39, 0.29) is 5.75 Å². The summed E-state index contributed by atoms with van der Waals surface area (Å²) in [6.07, 6.45) is 0.720. The molecule has 4 heteroatoms. The van der Waals surface area contributed by atoms with Gasteiger partial charge in [-0.25, -0.2) is 0 Å². The normalized spacial score (nSPS) is 10.3. The first-order valence-electron chi connectivity index (χ1n) is 4.69. The van der Waals surface area contributed by atoms with Crippen LogP contribution in [0.3, 0.4) is 0 Å². The predicted octanol–water partition coefficient (Wildman–Crippen LogP) is 1.15. The van der Waals surface area contributed by atoms with Crippen molar-refractivity contribution in [2.75, 3.05) is 27.2 Å². The van der Waals surface area contributed by atoms with Crippen LogP contribution in [0, 0.1) is 0 Å². The summed E-state index contributed by atoms with van der Waals surface area (Å²) in [6.45, 7) is 1.23. The molecule has 0 bridgehead atoms. The molecule has 1 rings (SSSR count). The maximum Gasteiger partial charge on any atom is 0.161 e. The minimum absolute atomic E-state index is 0.0550. The van der Waals surface area contributed by atoms with E-state index in [1.807, 2.05) is 19.0 Å². The van der Waals surface area contributed by atoms with E-state index < -0.39 is 0 Å². The lowest BCUT2D eigenvalue weighted by Gasteiger charge is -2.12. The van der Waals surface area contributed by atoms with Crippen LogP contribution in [0.5, 0.6) is 11.5 Å². The summed E-state index contributed by atoms with van der Waals surface area (Å²) in [5.41, 5.74) is 0.493. The predicted molar refractivity (Wildman–Crippen MR) is 57.5 cm³/mol. The second-order valence-corrected chi connectivity index (χ2v) is 3.50. The third-order valence-corrected chi connectivity index (χ3v) is 1.92. The highest BCUT2D eigenvalue weighted by atomic mass is 16.5. The Morgan fingerprint density at radius 3 is 2.80 bits per heavy atom. The van der Waals surface area contributed by atoms with Gasteiger partial charge in [-0.05, 0) is 32.3 Å². The first-order valence-corrected chi connectivity index (χ1v) is 4.69. The van der Waals surface area contributed by atoms with Crippen molar-refractivity contribution in [1.29, 1.82) is 0 Å². The molecule has 0 aliphatic rings. The second-order valence-electron chi connectivity index (χ2n) is 3.50. The highest BCUT2D eigenvalue weighted by Gasteiger charge is 2.03. The molecule has 82 valence electrons. The van der Waals surface area contributed by atoms with Crippen molar-refractivity contribution in [1.82, 2.24) is 4.90 Å². The van der Waals surface area contributed by atoms with E-state index in [4.69, 9.17) is 4.74 Å². The molecule has 1 aromatic rings. The molecule has 0 saturated heterocycles. The Morgan fingerprint density at radius 2 is 2.20 bits per heavy atom. The number of phenols is 1. The van der Waals surface area contributed by atoms with Gasteiger partial charge in [-0.1, -0.05) is 0 Å². The molecule has 1 aromatic carbocycles. The van der Waals surface area contributed by atoms with Gasteiger partial charge in [0.2, 0.25) is 0 Å². The highest BCUT2D eigenvalue weighted by Crippen LogP contribution is 2.26. The first kappa shape index (κ1) is 11.5. The number of rotatable bonds is 5. The molecular formula is C11H15NO3. The molecule has 0 spiro atoms. The number of benzene rings is 1. The molecule has 0 amide bonds. The van der Waals surface area contributed by atoms with Gasteiger partial charge in [0.05, 0.1) is 0 Å². The van der Waals surface area contributed by atoms with Gasteiger partial charge in [0, 0.05) is 12.1 Å². The molecule has 0 unspecified atom stereocenters. The number of ether oxygens (including phenoxy) is 1. The van der Waals surface area contributed by atoms with Gasteiger partial charge in [-0.2, -0.15) is 0 Å². The third-order valence-electron chi connectivity index (χ3n) is 1.92. The van der Waals surface area contributed by atoms with Gasteiger partial charge in [0.15, 0.2) is 11.5 Å². The highest BCUT2D eigenvalue weighted by molar-refractivity contribution is 5.76. The molecular weight excluding hydrogens is 194 g/mol. The topological polar surface area (TPSA) is 49.8 Å². The molecule has 0 radical (unpaired) electrons. The van der Waals surface area contributed by atoms with Crippen LogP contribution in [0.4, 0.5) is 0 Å². The van der Waals surface area contributed by atoms with Crippen molar-refractivity contribution in [3.63, 3.8) is 0 Å². The van der Waals surface area contributed by atoms with Crippen molar-refractivity contribution in [2.45, 2.75) is 0 Å². The average Bonchev–Trinajstić information content (AvgIpc) is 2.20. The van der Waals surface area contributed by atoms with Crippen molar-refractivity contribution < 1.29 is 14.6 Å². The lowest BCUT2D eigenvalue weighted by molar-refractivity contribution is 0.112. The average molecular weight is 209 g/mol. The van der Waals surface area contributed by atoms with Gasteiger partial charge >= 0.3 is 0 Å². The fourth-order valence-corrected chi connectivity index (χ4v) is 1.06. The van der Waals surface area contributed by atoms with Crippen LogP contribution >= 0.6 is 0 Å². The van der Waals surface area contributed by atoms with Crippen molar-refractivity contribution in [2.24, 2.45) is 0 Å². The van der Waals surface area contributed by atoms with Gasteiger partial charge in [-0.15, -0.1) is 0 Å². The Kier molecular flexibility index (Phi) is 4.12. The van der Waals surface area contributed by atoms with Crippen molar-refractivity contribution in [3.05, 3.63) is 23.8 Å². The van der Waals surface area contributed by atoms with E-state index in [1.165, 1.54) is 12.1 Å². The van der Waals surface area contributed by atoms with E-state index in [9.17, 15) is 9.90 Å². The Morgan fingerprint density at radius 1 is 1.47 bits per heavy atom. The lowest BCUT2D eigenvalue weighted by atomic mass is 10.2. The van der Waals surface area contributed by atoms with Crippen molar-refractivity contribution in [3.8, 4) is 11.5 Å². The number of aromatic hydroxyl groups is 1. The molecule has 4 nitrogen and oxygen atoms in total. The summed E-state index contributed by atoms with van der Waals surface area (Å²) in [6, 6.07) is 4.52. The number of hydrogen-bond donors (Lipinski definition) is 1. The van der Waals surface area contributed by atoms with Crippen LogP contribution in [0.15, 0.2) is 18.2 Å². The molecule has 1 N–H and O–H groups in total. The summed E-state index contributed by atoms with van der Waals surface area (Å²) >= 11 is 0. The third kappa shape index (κ3) is 3.59. The van der Waals surface area contributed by atoms with Crippen LogP contribution in [0.2, 0.25) is 0 Å². The van der Waals surface area contributed by atoms with Crippen LogP contribution < -0.4 is 4.74 Å². The Labute approximate surface area is 89.1 Å². The summed E-state index contributed by atoms with van der Waals surface area (Å²) in [5.74, 6) is 0.404. The molecule has 15 heavy (non-hydrogen) atoms. The maximum absolute atomic E-state index is 10.5. The molecule has 0 aliphatic heterocycles. The Bertz CT molecular complexity index is 337. The van der Waals surface area contributed by atoms with E-state index in [1.54, 1.807) is 6.07 Å². The number of likely N-dealkylation sites (N-methyl/N-ethyl adjacent to an activating group) is 1. The van der Waals surface area contributed by atoms with Gasteiger partial charge in [-0.3, -0.25) is 4.79 Å². The fraction of sp³-hybridized carbons (Fsp3) is 0.364. The monoisotopic (exact) mass is 209 g/mol. The van der Waals surface area contributed by atoms with Crippen molar-refractivity contribution >= 4 is 6.29 Å². The smallest absolute Gasteiger partial charge is 0.161 e. The van der Waals surface area contributed by atoms with Gasteiger partial charge in [0.25, 0.3) is 0 Å². The number of nitrogens with zero attached hydrogens (tertiary/aromatic N) is 1. The molecule has 0 aromatic heterocycles. The van der Waals surface area contributed by atoms with Gasteiger partial charge < -0.3 is 14.7 Å². The quantitative estimate of drug-likeness (QED) is 0.739. The zero-order chi connectivity index (χ0) is 11.3. The zero-order valence-corrected chi connectivity index (χ0v) is 8.93. The Hall–Kier alpha value is -1.55. The molecule has 0 atom stereocenters. The van der Waals surface area contributed by atoms with E-state index in [0.717, 1.165) is 12.8 Å². The van der Waals surface area contributed by atoms with Crippen LogP contribution in [0.1, 0.15) is 10.4 Å². The zero-order valence-electron chi connectivity index (χ0n) is 8.93. The van der Waals surface area contributed by atoms with Gasteiger partial charge in [0.1, 0.15) is 12.9 Å². The minimum Gasteiger partial charge on any atom is -0.504 e. The summed E-state index contributed by atoms with van der Waals surface area (Å²) in [7, 11) is 3.87. The first-order chi connectivity index (χ1) is 7.13. The van der Waals surface area contributed by atoms with E-state index in [2.05, 4.69) is 0 Å². The number of aldehydes is 1. The molecule has 0 aliphatic carbocycles. The number of hydrogen-bond acceptors (Lipinski definition) is 4. The van der Waals surface area contributed by atoms with Crippen LogP contribution in [-0.2, 0) is 0 Å². The summed E-state index contributed by atoms with van der Waals surface area (Å²) < 4.78 is 5.34. The lowest BCUT2D eigenvalue weighted by Crippen LogP contribution is -2.19. The molecule has 0 heterocycles. The maximum atomic E-state index is 10.5. The Balaban J connectivity index is 2.62. The SMILES string of the molecule is CN(C)CCOc1cc(C=O)ccc1O. The van der Waals surface area contributed by atoms with Crippen LogP contribution in [0.25, 0.3) is 0 Å². The molecule has 0 fully saturated rings. The van der Waals surface area contributed by atoms with E-state index >= 15 is 0 Å². The summed E-state index contributed by atoms with van der Waals surface area (Å²) in [5, 5.41) is 9.44. The fourth-order valence-electron chi connectivity index (χ4n) is 1.06.